The number of aromatic hydroxyl groups is 1. The van der Waals surface area contributed by atoms with Crippen molar-refractivity contribution in [3.63, 3.8) is 0 Å². The van der Waals surface area contributed by atoms with E-state index in [1.165, 1.54) is 24.3 Å². The number of nitrogens with zero attached hydrogens (tertiary/aromatic N) is 5. The number of hydrogen-bond acceptors (Lipinski definition) is 9. The highest BCUT2D eigenvalue weighted by Crippen LogP contribution is 2.43. The van der Waals surface area contributed by atoms with Crippen molar-refractivity contribution in [3.05, 3.63) is 58.3 Å². The predicted molar refractivity (Wildman–Crippen MR) is 162 cm³/mol. The van der Waals surface area contributed by atoms with Crippen LogP contribution in [0.2, 0.25) is 0 Å². The van der Waals surface area contributed by atoms with Gasteiger partial charge >= 0.3 is 6.02 Å². The monoisotopic (exact) mass is 617 g/mol. The standard InChI is InChI=1S/C33H30F3N5O4/c1-2-21-23(35)5-4-17-10-20(43)12-22(26(17)21)28-29(36)38-32(44-16-33-7-3-8-40(33)14-19(34)13-33)39-30-27-18-6-9-41(30)24(15-42)25(11-18)45-31(27)37-28/h1,4-5,10,12,19,24-25,42-43H,3,6-9,11,13-16H2/b29-28-,37-31?,38-32+,39-30+/t19-,24?,25?,33+/m1/s1. The highest BCUT2D eigenvalue weighted by molar-refractivity contribution is 6.25. The molecule has 0 spiro atoms. The van der Waals surface area contributed by atoms with Crippen molar-refractivity contribution >= 4 is 34.2 Å². The van der Waals surface area contributed by atoms with Crippen molar-refractivity contribution < 1.29 is 32.9 Å². The highest BCUT2D eigenvalue weighted by atomic mass is 19.1. The Balaban J connectivity index is 1.34. The van der Waals surface area contributed by atoms with Crippen LogP contribution in [-0.2, 0) is 9.47 Å². The SMILES string of the molecule is C#Cc1c(F)ccc2cc(O)cc(/C3=C(F)/N=C(OC[C@@]45CCCN4C[C@H](F)C5)\N=C4/C5=C6CCN4C(CO)C(C6)OC5=N3)c12. The number of aliphatic imine (C=N–C) groups is 3. The van der Waals surface area contributed by atoms with E-state index in [2.05, 4.69) is 20.8 Å². The van der Waals surface area contributed by atoms with Gasteiger partial charge in [-0.25, -0.2) is 13.8 Å². The van der Waals surface area contributed by atoms with Crippen LogP contribution in [0.4, 0.5) is 13.2 Å². The van der Waals surface area contributed by atoms with E-state index in [1.807, 2.05) is 4.90 Å². The number of fused-ring (bicyclic) bond motifs is 3. The second-order valence-electron chi connectivity index (χ2n) is 12.4. The van der Waals surface area contributed by atoms with Crippen molar-refractivity contribution in [3.8, 4) is 18.1 Å². The summed E-state index contributed by atoms with van der Waals surface area (Å²) in [5.41, 5.74) is 0.511. The molecule has 0 saturated carbocycles. The molecule has 2 aromatic rings. The lowest BCUT2D eigenvalue weighted by atomic mass is 9.94. The Morgan fingerprint density at radius 1 is 1.18 bits per heavy atom. The predicted octanol–water partition coefficient (Wildman–Crippen LogP) is 4.19. The number of phenolic OH excluding ortho intramolecular Hbond substituents is 1. The maximum atomic E-state index is 16.6. The summed E-state index contributed by atoms with van der Waals surface area (Å²) in [7, 11) is 0. The zero-order chi connectivity index (χ0) is 31.0. The first-order valence-electron chi connectivity index (χ1n) is 15.2. The lowest BCUT2D eigenvalue weighted by Crippen LogP contribution is -2.47. The Bertz CT molecular complexity index is 1850. The lowest BCUT2D eigenvalue weighted by molar-refractivity contribution is 0.0701. The quantitative estimate of drug-likeness (QED) is 0.394. The number of benzene rings is 2. The van der Waals surface area contributed by atoms with Crippen LogP contribution in [0.5, 0.6) is 5.75 Å². The first-order valence-corrected chi connectivity index (χ1v) is 15.2. The van der Waals surface area contributed by atoms with Gasteiger partial charge in [-0.15, -0.1) is 6.42 Å². The molecular weight excluding hydrogens is 587 g/mol. The van der Waals surface area contributed by atoms with Gasteiger partial charge in [0.1, 0.15) is 42.0 Å². The molecule has 0 aliphatic carbocycles. The maximum absolute atomic E-state index is 16.6. The van der Waals surface area contributed by atoms with Gasteiger partial charge in [0.2, 0.25) is 11.8 Å². The summed E-state index contributed by atoms with van der Waals surface area (Å²) in [5, 5.41) is 21.6. The van der Waals surface area contributed by atoms with Crippen LogP contribution in [-0.4, -0.2) is 94.5 Å². The third kappa shape index (κ3) is 4.35. The van der Waals surface area contributed by atoms with E-state index in [-0.39, 0.29) is 53.1 Å². The van der Waals surface area contributed by atoms with E-state index >= 15 is 4.39 Å². The molecule has 0 aromatic heterocycles. The normalized spacial score (nSPS) is 32.9. The Morgan fingerprint density at radius 2 is 2.04 bits per heavy atom. The van der Waals surface area contributed by atoms with E-state index in [0.717, 1.165) is 25.0 Å². The molecular formula is C33H30F3N5O4. The molecule has 2 N–H and O–H groups in total. The van der Waals surface area contributed by atoms with E-state index in [4.69, 9.17) is 20.9 Å². The number of rotatable bonds is 4. The van der Waals surface area contributed by atoms with Crippen LogP contribution < -0.4 is 0 Å². The zero-order valence-electron chi connectivity index (χ0n) is 24.3. The molecule has 8 aliphatic rings. The number of aliphatic hydroxyl groups excluding tert-OH is 1. The average Bonchev–Trinajstić information content (AvgIpc) is 3.43. The van der Waals surface area contributed by atoms with Crippen LogP contribution in [0, 0.1) is 18.2 Å². The number of phenols is 1. The van der Waals surface area contributed by atoms with Crippen molar-refractivity contribution in [2.45, 2.75) is 56.0 Å². The smallest absolute Gasteiger partial charge is 0.321 e. The summed E-state index contributed by atoms with van der Waals surface area (Å²) < 4.78 is 58.6. The van der Waals surface area contributed by atoms with Gasteiger partial charge in [-0.05, 0) is 55.0 Å². The van der Waals surface area contributed by atoms with Crippen LogP contribution in [0.25, 0.3) is 16.5 Å². The van der Waals surface area contributed by atoms with Crippen LogP contribution in [0.3, 0.4) is 0 Å². The fraction of sp³-hybridized carbons (Fsp3) is 0.424. The zero-order valence-corrected chi connectivity index (χ0v) is 24.3. The molecule has 45 heavy (non-hydrogen) atoms. The molecule has 8 heterocycles. The first kappa shape index (κ1) is 28.2. The minimum Gasteiger partial charge on any atom is -0.508 e. The molecule has 9 nitrogen and oxygen atoms in total. The van der Waals surface area contributed by atoms with E-state index in [0.29, 0.717) is 49.1 Å². The van der Waals surface area contributed by atoms with Crippen LogP contribution in [0.1, 0.15) is 43.2 Å². The maximum Gasteiger partial charge on any atom is 0.321 e. The Kier molecular flexibility index (Phi) is 6.48. The number of hydrogen-bond donors (Lipinski definition) is 2. The molecule has 232 valence electrons. The Morgan fingerprint density at radius 3 is 2.87 bits per heavy atom. The molecule has 2 aromatic carbocycles. The molecule has 4 atom stereocenters. The van der Waals surface area contributed by atoms with Gasteiger partial charge in [0.25, 0.3) is 0 Å². The summed E-state index contributed by atoms with van der Waals surface area (Å²) in [4.78, 5) is 17.6. The fourth-order valence-electron chi connectivity index (χ4n) is 7.92. The number of terminal acetylenes is 1. The minimum absolute atomic E-state index is 0.00381. The lowest BCUT2D eigenvalue weighted by Gasteiger charge is -2.33. The van der Waals surface area contributed by atoms with Crippen LogP contribution >= 0.6 is 0 Å². The van der Waals surface area contributed by atoms with Gasteiger partial charge in [-0.1, -0.05) is 12.0 Å². The van der Waals surface area contributed by atoms with Gasteiger partial charge < -0.3 is 24.6 Å². The Hall–Kier alpha value is -4.34. The van der Waals surface area contributed by atoms with Crippen LogP contribution in [0.15, 0.2) is 56.3 Å². The molecule has 6 bridgehead atoms. The van der Waals surface area contributed by atoms with Crippen molar-refractivity contribution in [2.24, 2.45) is 15.0 Å². The fourth-order valence-corrected chi connectivity index (χ4v) is 7.92. The highest BCUT2D eigenvalue weighted by Gasteiger charge is 2.50. The summed E-state index contributed by atoms with van der Waals surface area (Å²) in [5.74, 6) is 0.794. The van der Waals surface area contributed by atoms with Gasteiger partial charge in [-0.2, -0.15) is 14.4 Å². The van der Waals surface area contributed by atoms with Gasteiger partial charge in [0.15, 0.2) is 0 Å². The molecule has 12 heteroatoms. The van der Waals surface area contributed by atoms with E-state index in [1.54, 1.807) is 0 Å². The van der Waals surface area contributed by atoms with E-state index < -0.39 is 35.6 Å². The van der Waals surface area contributed by atoms with Gasteiger partial charge in [0, 0.05) is 36.9 Å². The first-order chi connectivity index (χ1) is 21.8. The molecule has 4 fully saturated rings. The third-order valence-electron chi connectivity index (χ3n) is 9.93. The topological polar surface area (TPSA) is 102 Å². The van der Waals surface area contributed by atoms with Crippen molar-refractivity contribution in [2.75, 3.05) is 32.8 Å². The largest absolute Gasteiger partial charge is 0.508 e. The molecule has 2 unspecified atom stereocenters. The van der Waals surface area contributed by atoms with Gasteiger partial charge in [0.05, 0.1) is 29.3 Å². The van der Waals surface area contributed by atoms with Crippen molar-refractivity contribution in [1.29, 1.82) is 0 Å². The average molecular weight is 618 g/mol. The van der Waals surface area contributed by atoms with Gasteiger partial charge in [-0.3, -0.25) is 4.90 Å². The second-order valence-corrected chi connectivity index (χ2v) is 12.4. The molecule has 0 amide bonds. The van der Waals surface area contributed by atoms with E-state index in [9.17, 15) is 19.0 Å². The molecule has 4 saturated heterocycles. The molecule has 8 aliphatic heterocycles. The number of aliphatic hydroxyl groups is 1. The molecule has 0 radical (unpaired) electrons. The summed E-state index contributed by atoms with van der Waals surface area (Å²) >= 11 is 0. The summed E-state index contributed by atoms with van der Waals surface area (Å²) in [6.45, 7) is 1.45. The number of amidine groups is 2. The summed E-state index contributed by atoms with van der Waals surface area (Å²) in [6, 6.07) is 4.52. The Labute approximate surface area is 257 Å². The number of ether oxygens (including phenoxy) is 2. The second kappa shape index (κ2) is 10.4. The summed E-state index contributed by atoms with van der Waals surface area (Å²) in [6.07, 6.45) is 7.35. The number of halogens is 3. The minimum atomic E-state index is -1.12. The molecule has 10 rings (SSSR count). The number of alkyl halides is 1. The van der Waals surface area contributed by atoms with Crippen molar-refractivity contribution in [1.82, 2.24) is 9.80 Å². The third-order valence-corrected chi connectivity index (χ3v) is 9.93.